The Labute approximate surface area is 181 Å². The van der Waals surface area contributed by atoms with Gasteiger partial charge in [-0.2, -0.15) is 0 Å². The summed E-state index contributed by atoms with van der Waals surface area (Å²) in [6.07, 6.45) is 1.97. The highest BCUT2D eigenvalue weighted by Gasteiger charge is 2.24. The molecular formula is C25H26N4O2. The maximum Gasteiger partial charge on any atom is 0.329 e. The Hall–Kier alpha value is -3.67. The van der Waals surface area contributed by atoms with E-state index < -0.39 is 0 Å². The Kier molecular flexibility index (Phi) is 5.98. The lowest BCUT2D eigenvalue weighted by Crippen LogP contribution is -2.34. The van der Waals surface area contributed by atoms with Crippen LogP contribution in [0.25, 0.3) is 11.0 Å². The number of aryl methyl sites for hydroxylation is 2. The van der Waals surface area contributed by atoms with Crippen molar-refractivity contribution in [3.8, 4) is 0 Å². The minimum absolute atomic E-state index is 0.0419. The summed E-state index contributed by atoms with van der Waals surface area (Å²) >= 11 is 0. The van der Waals surface area contributed by atoms with Crippen LogP contribution in [0.3, 0.4) is 0 Å². The lowest BCUT2D eigenvalue weighted by Gasteiger charge is -2.28. The quantitative estimate of drug-likeness (QED) is 0.461. The molecule has 6 nitrogen and oxygen atoms in total. The van der Waals surface area contributed by atoms with Crippen molar-refractivity contribution < 1.29 is 4.79 Å². The number of hydrogen-bond acceptors (Lipinski definition) is 3. The van der Waals surface area contributed by atoms with E-state index in [-0.39, 0.29) is 24.1 Å². The van der Waals surface area contributed by atoms with Gasteiger partial charge >= 0.3 is 5.69 Å². The molecule has 6 heteroatoms. The van der Waals surface area contributed by atoms with E-state index >= 15 is 0 Å². The minimum Gasteiger partial charge on any atom is -0.333 e. The number of hydrogen-bond donors (Lipinski definition) is 0. The number of para-hydroxylation sites is 2. The zero-order valence-electron chi connectivity index (χ0n) is 17.8. The van der Waals surface area contributed by atoms with Crippen LogP contribution in [0.2, 0.25) is 0 Å². The van der Waals surface area contributed by atoms with E-state index in [9.17, 15) is 9.59 Å². The fourth-order valence-electron chi connectivity index (χ4n) is 4.09. The van der Waals surface area contributed by atoms with Gasteiger partial charge in [0.1, 0.15) is 0 Å². The van der Waals surface area contributed by atoms with Gasteiger partial charge in [-0.15, -0.1) is 0 Å². The largest absolute Gasteiger partial charge is 0.333 e. The molecule has 31 heavy (non-hydrogen) atoms. The van der Waals surface area contributed by atoms with Crippen molar-refractivity contribution in [1.29, 1.82) is 0 Å². The fraction of sp³-hybridized carbons (Fsp3) is 0.240. The third-order valence-corrected chi connectivity index (χ3v) is 5.65. The second-order valence-corrected chi connectivity index (χ2v) is 7.49. The van der Waals surface area contributed by atoms with Crippen LogP contribution in [-0.4, -0.2) is 32.0 Å². The van der Waals surface area contributed by atoms with E-state index in [4.69, 9.17) is 0 Å². The number of imidazole rings is 1. The van der Waals surface area contributed by atoms with Gasteiger partial charge in [-0.1, -0.05) is 48.5 Å². The first-order valence-corrected chi connectivity index (χ1v) is 10.5. The molecule has 0 saturated carbocycles. The molecular weight excluding hydrogens is 388 g/mol. The van der Waals surface area contributed by atoms with E-state index in [0.717, 1.165) is 22.3 Å². The monoisotopic (exact) mass is 414 g/mol. The number of nitrogens with zero attached hydrogens (tertiary/aromatic N) is 4. The number of carbonyl (C=O) groups is 1. The summed E-state index contributed by atoms with van der Waals surface area (Å²) < 4.78 is 3.44. The van der Waals surface area contributed by atoms with Crippen LogP contribution >= 0.6 is 0 Å². The predicted octanol–water partition coefficient (Wildman–Crippen LogP) is 3.86. The highest BCUT2D eigenvalue weighted by atomic mass is 16.2. The van der Waals surface area contributed by atoms with Crippen LogP contribution in [0.4, 0.5) is 0 Å². The number of rotatable bonds is 7. The van der Waals surface area contributed by atoms with E-state index in [0.29, 0.717) is 13.1 Å². The van der Waals surface area contributed by atoms with Crippen molar-refractivity contribution in [2.75, 3.05) is 7.05 Å². The highest BCUT2D eigenvalue weighted by molar-refractivity contribution is 5.78. The van der Waals surface area contributed by atoms with E-state index in [1.165, 1.54) is 0 Å². The number of benzene rings is 2. The maximum atomic E-state index is 13.2. The third kappa shape index (κ3) is 4.01. The molecule has 2 aromatic carbocycles. The van der Waals surface area contributed by atoms with E-state index in [1.807, 2.05) is 79.7 Å². The molecule has 1 atom stereocenters. The van der Waals surface area contributed by atoms with Crippen LogP contribution in [0.5, 0.6) is 0 Å². The Bertz CT molecular complexity index is 1190. The van der Waals surface area contributed by atoms with Gasteiger partial charge < -0.3 is 4.90 Å². The molecule has 4 rings (SSSR count). The van der Waals surface area contributed by atoms with Crippen LogP contribution in [-0.2, 0) is 17.9 Å². The van der Waals surface area contributed by atoms with Crippen molar-refractivity contribution >= 4 is 16.9 Å². The Morgan fingerprint density at radius 1 is 0.935 bits per heavy atom. The third-order valence-electron chi connectivity index (χ3n) is 5.65. The molecule has 0 fully saturated rings. The lowest BCUT2D eigenvalue weighted by atomic mass is 10.0. The van der Waals surface area contributed by atoms with Crippen molar-refractivity contribution in [2.45, 2.75) is 32.5 Å². The summed E-state index contributed by atoms with van der Waals surface area (Å²) in [7, 11) is 1.80. The zero-order chi connectivity index (χ0) is 21.8. The molecule has 0 aliphatic carbocycles. The maximum absolute atomic E-state index is 13.2. The second kappa shape index (κ2) is 9.00. The molecule has 0 saturated heterocycles. The molecule has 0 N–H and O–H groups in total. The lowest BCUT2D eigenvalue weighted by molar-refractivity contribution is -0.131. The summed E-state index contributed by atoms with van der Waals surface area (Å²) in [6.45, 7) is 2.88. The molecule has 0 radical (unpaired) electrons. The SMILES string of the molecule is CCn1c(=O)n(CCC(=O)N(C)C(c2ccccc2)c2ccccn2)c2ccccc21. The number of amides is 1. The molecule has 1 unspecified atom stereocenters. The summed E-state index contributed by atoms with van der Waals surface area (Å²) in [5.41, 5.74) is 3.48. The molecule has 2 aromatic heterocycles. The topological polar surface area (TPSA) is 60.1 Å². The van der Waals surface area contributed by atoms with Gasteiger partial charge in [-0.25, -0.2) is 4.79 Å². The first-order valence-electron chi connectivity index (χ1n) is 10.5. The molecule has 1 amide bonds. The van der Waals surface area contributed by atoms with Gasteiger partial charge in [-0.05, 0) is 36.8 Å². The summed E-state index contributed by atoms with van der Waals surface area (Å²) in [5.74, 6) is -0.0419. The zero-order valence-corrected chi connectivity index (χ0v) is 17.8. The molecule has 158 valence electrons. The summed E-state index contributed by atoms with van der Waals surface area (Å²) in [5, 5.41) is 0. The van der Waals surface area contributed by atoms with Gasteiger partial charge in [-0.3, -0.25) is 18.9 Å². The van der Waals surface area contributed by atoms with Gasteiger partial charge in [0.2, 0.25) is 5.91 Å². The summed E-state index contributed by atoms with van der Waals surface area (Å²) in [4.78, 5) is 32.3. The first kappa shape index (κ1) is 20.6. The molecule has 0 aliphatic heterocycles. The molecule has 0 bridgehead atoms. The average molecular weight is 415 g/mol. The van der Waals surface area contributed by atoms with E-state index in [2.05, 4.69) is 4.98 Å². The van der Waals surface area contributed by atoms with Gasteiger partial charge in [0, 0.05) is 32.8 Å². The van der Waals surface area contributed by atoms with Crippen molar-refractivity contribution in [2.24, 2.45) is 0 Å². The van der Waals surface area contributed by atoms with Crippen LogP contribution < -0.4 is 5.69 Å². The number of aromatic nitrogens is 3. The molecule has 0 spiro atoms. The average Bonchev–Trinajstić information content (AvgIpc) is 3.09. The van der Waals surface area contributed by atoms with Crippen molar-refractivity contribution in [3.63, 3.8) is 0 Å². The Morgan fingerprint density at radius 2 is 1.58 bits per heavy atom. The number of carbonyl (C=O) groups excluding carboxylic acids is 1. The molecule has 4 aromatic rings. The predicted molar refractivity (Wildman–Crippen MR) is 122 cm³/mol. The first-order chi connectivity index (χ1) is 15.1. The van der Waals surface area contributed by atoms with Gasteiger partial charge in [0.05, 0.1) is 22.8 Å². The van der Waals surface area contributed by atoms with E-state index in [1.54, 1.807) is 27.3 Å². The van der Waals surface area contributed by atoms with Crippen molar-refractivity contribution in [3.05, 3.63) is 101 Å². The molecule has 0 aliphatic rings. The highest BCUT2D eigenvalue weighted by Crippen LogP contribution is 2.26. The molecule has 2 heterocycles. The fourth-order valence-corrected chi connectivity index (χ4v) is 4.09. The Balaban J connectivity index is 1.60. The Morgan fingerprint density at radius 3 is 2.23 bits per heavy atom. The van der Waals surface area contributed by atoms with Gasteiger partial charge in [0.25, 0.3) is 0 Å². The number of fused-ring (bicyclic) bond motifs is 1. The number of pyridine rings is 1. The minimum atomic E-state index is -0.288. The van der Waals surface area contributed by atoms with Gasteiger partial charge in [0.15, 0.2) is 0 Å². The summed E-state index contributed by atoms with van der Waals surface area (Å²) in [6, 6.07) is 23.0. The van der Waals surface area contributed by atoms with Crippen molar-refractivity contribution in [1.82, 2.24) is 19.0 Å². The second-order valence-electron chi connectivity index (χ2n) is 7.49. The van der Waals surface area contributed by atoms with Crippen LogP contribution in [0.15, 0.2) is 83.8 Å². The van der Waals surface area contributed by atoms with Crippen LogP contribution in [0.1, 0.15) is 30.6 Å². The smallest absolute Gasteiger partial charge is 0.329 e. The van der Waals surface area contributed by atoms with Crippen LogP contribution in [0, 0.1) is 0 Å². The normalized spacial score (nSPS) is 12.1. The standard InChI is InChI=1S/C25H26N4O2/c1-3-28-21-14-7-8-15-22(21)29(25(28)31)18-16-23(30)27(2)24(19-11-5-4-6-12-19)20-13-9-10-17-26-20/h4-15,17,24H,3,16,18H2,1-2H3.